The molecule has 7 rings (SSSR count). The van der Waals surface area contributed by atoms with Crippen LogP contribution in [0, 0.1) is 40.4 Å². The van der Waals surface area contributed by atoms with Crippen molar-refractivity contribution in [1.82, 2.24) is 0 Å². The summed E-state index contributed by atoms with van der Waals surface area (Å²) in [6.45, 7) is 10.0. The van der Waals surface area contributed by atoms with Crippen LogP contribution in [0.25, 0.3) is 0 Å². The van der Waals surface area contributed by atoms with Gasteiger partial charge >= 0.3 is 0 Å². The molecule has 0 aromatic carbocycles. The maximum atomic E-state index is 11.9. The zero-order valence-electron chi connectivity index (χ0n) is 30.4. The van der Waals surface area contributed by atoms with Gasteiger partial charge in [0.05, 0.1) is 38.1 Å². The van der Waals surface area contributed by atoms with Gasteiger partial charge in [0.25, 0.3) is 0 Å². The molecule has 0 bridgehead atoms. The van der Waals surface area contributed by atoms with E-state index in [0.29, 0.717) is 43.1 Å². The lowest BCUT2D eigenvalue weighted by Crippen LogP contribution is -2.60. The molecule has 52 heavy (non-hydrogen) atoms. The van der Waals surface area contributed by atoms with E-state index in [0.717, 1.165) is 25.7 Å². The molecule has 0 spiro atoms. The molecule has 4 aliphatic carbocycles. The first-order chi connectivity index (χ1) is 24.5. The Bertz CT molecular complexity index is 1340. The molecule has 296 valence electrons. The van der Waals surface area contributed by atoms with Crippen molar-refractivity contribution in [3.8, 4) is 0 Å². The Balaban J connectivity index is 1.00. The normalized spacial score (nSPS) is 54.5. The number of aliphatic hydroxyl groups excluding tert-OH is 8. The van der Waals surface area contributed by atoms with Crippen molar-refractivity contribution in [1.29, 1.82) is 0 Å². The highest BCUT2D eigenvalue weighted by Gasteiger charge is 2.68. The van der Waals surface area contributed by atoms with Gasteiger partial charge in [0.2, 0.25) is 0 Å². The second-order valence-electron chi connectivity index (χ2n) is 17.4. The van der Waals surface area contributed by atoms with Gasteiger partial charge in [-0.05, 0) is 67.6 Å². The molecule has 7 unspecified atom stereocenters. The highest BCUT2D eigenvalue weighted by Crippen LogP contribution is 2.70. The zero-order chi connectivity index (χ0) is 37.5. The molecule has 14 heteroatoms. The minimum absolute atomic E-state index is 0.0206. The van der Waals surface area contributed by atoms with Crippen LogP contribution in [-0.4, -0.2) is 145 Å². The molecule has 0 aromatic heterocycles. The van der Waals surface area contributed by atoms with Crippen LogP contribution in [0.15, 0.2) is 23.8 Å². The predicted octanol–water partition coefficient (Wildman–Crippen LogP) is -0.153. The molecule has 3 saturated carbocycles. The third kappa shape index (κ3) is 6.36. The van der Waals surface area contributed by atoms with E-state index in [2.05, 4.69) is 33.4 Å². The fourth-order valence-electron chi connectivity index (χ4n) is 11.7. The molecule has 0 amide bonds. The van der Waals surface area contributed by atoms with Gasteiger partial charge in [0, 0.05) is 24.2 Å². The molecule has 6 fully saturated rings. The zero-order valence-corrected chi connectivity index (χ0v) is 30.4. The molecule has 7 aliphatic rings. The van der Waals surface area contributed by atoms with Gasteiger partial charge in [0.1, 0.15) is 42.7 Å². The smallest absolute Gasteiger partial charge is 0.187 e. The summed E-state index contributed by atoms with van der Waals surface area (Å²) in [6, 6.07) is 0. The average molecular weight is 741 g/mol. The van der Waals surface area contributed by atoms with Gasteiger partial charge in [-0.15, -0.1) is 0 Å². The Morgan fingerprint density at radius 2 is 1.69 bits per heavy atom. The Hall–Kier alpha value is -1.08. The maximum Gasteiger partial charge on any atom is 0.187 e. The number of hydrogen-bond acceptors (Lipinski definition) is 14. The molecular weight excluding hydrogens is 680 g/mol. The van der Waals surface area contributed by atoms with Crippen LogP contribution in [0.5, 0.6) is 0 Å². The van der Waals surface area contributed by atoms with Crippen LogP contribution in [0.4, 0.5) is 0 Å². The summed E-state index contributed by atoms with van der Waals surface area (Å²) in [5, 5.41) is 93.7. The summed E-state index contributed by atoms with van der Waals surface area (Å²) in [4.78, 5) is 0. The van der Waals surface area contributed by atoms with Crippen molar-refractivity contribution < 1.29 is 69.6 Å². The molecule has 0 aromatic rings. The highest BCUT2D eigenvalue weighted by molar-refractivity contribution is 5.28. The summed E-state index contributed by atoms with van der Waals surface area (Å²) in [7, 11) is 0. The fourth-order valence-corrected chi connectivity index (χ4v) is 11.7. The molecule has 0 radical (unpaired) electrons. The van der Waals surface area contributed by atoms with Crippen LogP contribution in [-0.2, 0) is 23.7 Å². The third-order valence-electron chi connectivity index (χ3n) is 14.7. The summed E-state index contributed by atoms with van der Waals surface area (Å²) in [5.41, 5.74) is 1.30. The fraction of sp³-hybridized carbons (Fsp3) is 0.895. The number of fused-ring (bicyclic) bond motifs is 7. The first-order valence-corrected chi connectivity index (χ1v) is 19.2. The quantitative estimate of drug-likeness (QED) is 0.140. The van der Waals surface area contributed by atoms with Crippen LogP contribution >= 0.6 is 0 Å². The average Bonchev–Trinajstić information content (AvgIpc) is 3.55. The van der Waals surface area contributed by atoms with Gasteiger partial charge in [-0.2, -0.15) is 0 Å². The number of rotatable bonds is 9. The minimum Gasteiger partial charge on any atom is -0.394 e. The van der Waals surface area contributed by atoms with Gasteiger partial charge in [-0.25, -0.2) is 0 Å². The Kier molecular flexibility index (Phi) is 10.9. The van der Waals surface area contributed by atoms with E-state index in [4.69, 9.17) is 23.7 Å². The largest absolute Gasteiger partial charge is 0.394 e. The standard InChI is InChI=1S/C38H60O14/c1-17(15-48-34-33(46)31(44)30(43)26(14-39)50-34)7-10-38(47)18(2)28-25(52-38)13-23-21-6-5-19-11-20(40)12-27(37(19,4)22(21)8-9-36(23,28)3)51-35-32(45)29(42)24(41)16-49-35/h5,18,20-35,39-47H,1,6-16H2,2-4H3/t18?,20-,21?,22?,23?,24+,25?,26-,27-,28?,29+,30-,31+,32-,33-,34-,35+,36+,37+,38?/m1/s1. The lowest BCUT2D eigenvalue weighted by molar-refractivity contribution is -0.300. The Labute approximate surface area is 305 Å². The summed E-state index contributed by atoms with van der Waals surface area (Å²) < 4.78 is 29.8. The minimum atomic E-state index is -1.53. The summed E-state index contributed by atoms with van der Waals surface area (Å²) in [6.07, 6.45) is -5.64. The van der Waals surface area contributed by atoms with Crippen LogP contribution in [0.1, 0.15) is 72.1 Å². The van der Waals surface area contributed by atoms with Gasteiger partial charge in [-0.3, -0.25) is 0 Å². The second kappa shape index (κ2) is 14.5. The van der Waals surface area contributed by atoms with Crippen molar-refractivity contribution in [2.45, 2.75) is 152 Å². The summed E-state index contributed by atoms with van der Waals surface area (Å²) >= 11 is 0. The van der Waals surface area contributed by atoms with Crippen molar-refractivity contribution >= 4 is 0 Å². The van der Waals surface area contributed by atoms with Crippen molar-refractivity contribution in [3.05, 3.63) is 23.8 Å². The third-order valence-corrected chi connectivity index (χ3v) is 14.7. The maximum absolute atomic E-state index is 11.9. The van der Waals surface area contributed by atoms with Gasteiger partial charge < -0.3 is 69.6 Å². The van der Waals surface area contributed by atoms with Gasteiger partial charge in [0.15, 0.2) is 18.4 Å². The molecule has 20 atom stereocenters. The first kappa shape index (κ1) is 39.2. The molecule has 3 heterocycles. The first-order valence-electron chi connectivity index (χ1n) is 19.2. The van der Waals surface area contributed by atoms with Crippen LogP contribution in [0.2, 0.25) is 0 Å². The molecule has 9 N–H and O–H groups in total. The number of aliphatic hydroxyl groups is 9. The van der Waals surface area contributed by atoms with E-state index in [-0.39, 0.29) is 42.5 Å². The van der Waals surface area contributed by atoms with E-state index in [1.165, 1.54) is 5.57 Å². The number of hydrogen-bond donors (Lipinski definition) is 9. The second-order valence-corrected chi connectivity index (χ2v) is 17.4. The number of allylic oxidation sites excluding steroid dienone is 1. The highest BCUT2D eigenvalue weighted by atomic mass is 16.7. The van der Waals surface area contributed by atoms with Crippen molar-refractivity contribution in [2.24, 2.45) is 40.4 Å². The van der Waals surface area contributed by atoms with E-state index >= 15 is 0 Å². The predicted molar refractivity (Wildman–Crippen MR) is 182 cm³/mol. The summed E-state index contributed by atoms with van der Waals surface area (Å²) in [5.74, 6) is -0.465. The lowest BCUT2D eigenvalue weighted by Gasteiger charge is -2.60. The van der Waals surface area contributed by atoms with E-state index < -0.39 is 85.3 Å². The van der Waals surface area contributed by atoms with E-state index in [9.17, 15) is 46.0 Å². The van der Waals surface area contributed by atoms with E-state index in [1.807, 2.05) is 0 Å². The van der Waals surface area contributed by atoms with Crippen LogP contribution < -0.4 is 0 Å². The SMILES string of the molecule is C=C(CCC1(O)OC2CC3C4CC=C5C[C@@H](O)C[C@@H](O[C@@H]6OC[C@H](O)[C@H](O)[C@H]6O)[C@]5(C)C4CC[C@]3(C)C2C1C)CO[C@@H]1O[C@H](CO)[C@@H](O)[C@H](O)[C@H]1O. The number of ether oxygens (including phenoxy) is 5. The van der Waals surface area contributed by atoms with Crippen molar-refractivity contribution in [3.63, 3.8) is 0 Å². The topological polar surface area (TPSA) is 228 Å². The molecule has 14 nitrogen and oxygen atoms in total. The Morgan fingerprint density at radius 1 is 0.962 bits per heavy atom. The van der Waals surface area contributed by atoms with Crippen molar-refractivity contribution in [2.75, 3.05) is 19.8 Å². The molecule has 3 saturated heterocycles. The molecular formula is C38H60O14. The Morgan fingerprint density at radius 3 is 2.42 bits per heavy atom. The van der Waals surface area contributed by atoms with Crippen LogP contribution in [0.3, 0.4) is 0 Å². The van der Waals surface area contributed by atoms with E-state index in [1.54, 1.807) is 0 Å². The molecule has 3 aliphatic heterocycles. The lowest BCUT2D eigenvalue weighted by atomic mass is 9.46. The monoisotopic (exact) mass is 740 g/mol. The van der Waals surface area contributed by atoms with Gasteiger partial charge in [-0.1, -0.05) is 44.6 Å².